The second-order valence-electron chi connectivity index (χ2n) is 6.53. The number of halogens is 3. The summed E-state index contributed by atoms with van der Waals surface area (Å²) in [4.78, 5) is 37.7. The number of nitrogens with zero attached hydrogens (tertiary/aromatic N) is 2. The van der Waals surface area contributed by atoms with Gasteiger partial charge in [0, 0.05) is 31.4 Å². The summed E-state index contributed by atoms with van der Waals surface area (Å²) in [5, 5.41) is 2.71. The number of carbonyl (C=O) groups is 2. The van der Waals surface area contributed by atoms with Gasteiger partial charge in [0.05, 0.1) is 17.4 Å². The molecule has 10 heteroatoms. The summed E-state index contributed by atoms with van der Waals surface area (Å²) in [6.07, 6.45) is -0.174. The molecule has 1 fully saturated rings. The Kier molecular flexibility index (Phi) is 5.57. The standard InChI is InChI=1S/C18H18F3N3O4/c19-18(20,21)13-1-2-16(26)24(9-13)10-15(25)22-14-3-6-23(7-4-14)17(27)12-5-8-28-11-12/h1-2,5,8-9,11,14H,3-4,6-7,10H2,(H,22,25). The molecule has 7 nitrogen and oxygen atoms in total. The third kappa shape index (κ3) is 4.62. The van der Waals surface area contributed by atoms with Crippen LogP contribution in [0.1, 0.15) is 28.8 Å². The molecule has 1 N–H and O–H groups in total. The number of nitrogens with one attached hydrogen (secondary N) is 1. The Labute approximate surface area is 157 Å². The molecule has 0 unspecified atom stereocenters. The molecule has 0 saturated carbocycles. The van der Waals surface area contributed by atoms with Crippen molar-refractivity contribution in [2.75, 3.05) is 13.1 Å². The highest BCUT2D eigenvalue weighted by molar-refractivity contribution is 5.93. The van der Waals surface area contributed by atoms with Gasteiger partial charge in [-0.15, -0.1) is 0 Å². The number of likely N-dealkylation sites (tertiary alicyclic amines) is 1. The van der Waals surface area contributed by atoms with Crippen LogP contribution in [0.15, 0.2) is 46.1 Å². The molecule has 0 aliphatic carbocycles. The van der Waals surface area contributed by atoms with E-state index in [0.29, 0.717) is 43.8 Å². The monoisotopic (exact) mass is 397 g/mol. The van der Waals surface area contributed by atoms with E-state index in [0.717, 1.165) is 10.6 Å². The van der Waals surface area contributed by atoms with Gasteiger partial charge in [0.2, 0.25) is 5.91 Å². The highest BCUT2D eigenvalue weighted by Gasteiger charge is 2.31. The van der Waals surface area contributed by atoms with E-state index in [1.165, 1.54) is 12.5 Å². The topological polar surface area (TPSA) is 84.5 Å². The number of aromatic nitrogens is 1. The largest absolute Gasteiger partial charge is 0.472 e. The third-order valence-electron chi connectivity index (χ3n) is 4.54. The zero-order chi connectivity index (χ0) is 20.3. The summed E-state index contributed by atoms with van der Waals surface area (Å²) in [5.74, 6) is -0.713. The lowest BCUT2D eigenvalue weighted by Gasteiger charge is -2.32. The van der Waals surface area contributed by atoms with Gasteiger partial charge in [-0.3, -0.25) is 14.4 Å². The third-order valence-corrected chi connectivity index (χ3v) is 4.54. The van der Waals surface area contributed by atoms with Crippen molar-refractivity contribution in [3.8, 4) is 0 Å². The number of amides is 2. The molecule has 3 rings (SSSR count). The average molecular weight is 397 g/mol. The Bertz CT molecular complexity index is 898. The van der Waals surface area contributed by atoms with Gasteiger partial charge < -0.3 is 19.2 Å². The van der Waals surface area contributed by atoms with E-state index < -0.39 is 29.8 Å². The predicted octanol–water partition coefficient (Wildman–Crippen LogP) is 1.88. The van der Waals surface area contributed by atoms with Crippen LogP contribution in [0, 0.1) is 0 Å². The Morgan fingerprint density at radius 1 is 1.18 bits per heavy atom. The fourth-order valence-corrected chi connectivity index (χ4v) is 3.05. The lowest BCUT2D eigenvalue weighted by molar-refractivity contribution is -0.138. The van der Waals surface area contributed by atoms with Crippen LogP contribution in [-0.2, 0) is 17.5 Å². The number of piperidine rings is 1. The zero-order valence-corrected chi connectivity index (χ0v) is 14.7. The molecule has 3 heterocycles. The summed E-state index contributed by atoms with van der Waals surface area (Å²) in [6, 6.07) is 2.82. The van der Waals surface area contributed by atoms with Crippen molar-refractivity contribution in [1.82, 2.24) is 14.8 Å². The van der Waals surface area contributed by atoms with E-state index in [2.05, 4.69) is 5.32 Å². The molecule has 0 radical (unpaired) electrons. The molecule has 0 spiro atoms. The van der Waals surface area contributed by atoms with Crippen molar-refractivity contribution < 1.29 is 27.2 Å². The number of carbonyl (C=O) groups excluding carboxylic acids is 2. The fourth-order valence-electron chi connectivity index (χ4n) is 3.05. The average Bonchev–Trinajstić information content (AvgIpc) is 3.17. The van der Waals surface area contributed by atoms with Gasteiger partial charge in [0.15, 0.2) is 0 Å². The van der Waals surface area contributed by atoms with Gasteiger partial charge in [-0.1, -0.05) is 0 Å². The molecule has 0 atom stereocenters. The van der Waals surface area contributed by atoms with Gasteiger partial charge >= 0.3 is 6.18 Å². The van der Waals surface area contributed by atoms with Crippen molar-refractivity contribution in [3.63, 3.8) is 0 Å². The molecule has 1 aliphatic heterocycles. The van der Waals surface area contributed by atoms with Crippen molar-refractivity contribution in [3.05, 3.63) is 58.4 Å². The summed E-state index contributed by atoms with van der Waals surface area (Å²) < 4.78 is 43.9. The summed E-state index contributed by atoms with van der Waals surface area (Å²) in [6.45, 7) is 0.355. The molecule has 150 valence electrons. The minimum absolute atomic E-state index is 0.158. The fraction of sp³-hybridized carbons (Fsp3) is 0.389. The molecule has 2 aromatic heterocycles. The van der Waals surface area contributed by atoms with E-state index in [-0.39, 0.29) is 11.9 Å². The maximum atomic E-state index is 12.8. The molecule has 2 amide bonds. The second kappa shape index (κ2) is 7.91. The van der Waals surface area contributed by atoms with Crippen molar-refractivity contribution in [1.29, 1.82) is 0 Å². The number of furan rings is 1. The molecule has 2 aromatic rings. The highest BCUT2D eigenvalue weighted by atomic mass is 19.4. The lowest BCUT2D eigenvalue weighted by Crippen LogP contribution is -2.47. The number of hydrogen-bond acceptors (Lipinski definition) is 4. The first-order chi connectivity index (χ1) is 13.2. The smallest absolute Gasteiger partial charge is 0.417 e. The van der Waals surface area contributed by atoms with Gasteiger partial charge in [-0.05, 0) is 25.0 Å². The van der Waals surface area contributed by atoms with Crippen LogP contribution < -0.4 is 10.9 Å². The maximum absolute atomic E-state index is 12.8. The molecule has 1 aliphatic rings. The minimum Gasteiger partial charge on any atom is -0.472 e. The number of hydrogen-bond donors (Lipinski definition) is 1. The van der Waals surface area contributed by atoms with Crippen LogP contribution in [-0.4, -0.2) is 40.4 Å². The Morgan fingerprint density at radius 2 is 1.89 bits per heavy atom. The quantitative estimate of drug-likeness (QED) is 0.854. The molecular formula is C18H18F3N3O4. The first-order valence-electron chi connectivity index (χ1n) is 8.62. The maximum Gasteiger partial charge on any atom is 0.417 e. The minimum atomic E-state index is -4.60. The first-order valence-corrected chi connectivity index (χ1v) is 8.62. The Balaban J connectivity index is 1.54. The summed E-state index contributed by atoms with van der Waals surface area (Å²) in [5.41, 5.74) is -1.24. The van der Waals surface area contributed by atoms with Crippen LogP contribution >= 0.6 is 0 Å². The summed E-state index contributed by atoms with van der Waals surface area (Å²) >= 11 is 0. The van der Waals surface area contributed by atoms with Crippen molar-refractivity contribution >= 4 is 11.8 Å². The molecule has 1 saturated heterocycles. The Hall–Kier alpha value is -3.04. The molecule has 0 bridgehead atoms. The number of rotatable bonds is 4. The van der Waals surface area contributed by atoms with E-state index in [1.807, 2.05) is 0 Å². The van der Waals surface area contributed by atoms with E-state index >= 15 is 0 Å². The van der Waals surface area contributed by atoms with Crippen LogP contribution in [0.3, 0.4) is 0 Å². The lowest BCUT2D eigenvalue weighted by atomic mass is 10.0. The van der Waals surface area contributed by atoms with Crippen LogP contribution in [0.25, 0.3) is 0 Å². The zero-order valence-electron chi connectivity index (χ0n) is 14.7. The second-order valence-corrected chi connectivity index (χ2v) is 6.53. The SMILES string of the molecule is O=C(Cn1cc(C(F)(F)F)ccc1=O)NC1CCN(C(=O)c2ccoc2)CC1. The first kappa shape index (κ1) is 19.7. The van der Waals surface area contributed by atoms with Crippen LogP contribution in [0.4, 0.5) is 13.2 Å². The molecule has 28 heavy (non-hydrogen) atoms. The molecule has 0 aromatic carbocycles. The highest BCUT2D eigenvalue weighted by Crippen LogP contribution is 2.28. The van der Waals surface area contributed by atoms with Gasteiger partial charge in [0.1, 0.15) is 12.8 Å². The van der Waals surface area contributed by atoms with Gasteiger partial charge in [-0.2, -0.15) is 13.2 Å². The van der Waals surface area contributed by atoms with E-state index in [9.17, 15) is 27.6 Å². The van der Waals surface area contributed by atoms with Crippen LogP contribution in [0.2, 0.25) is 0 Å². The number of pyridine rings is 1. The molecular weight excluding hydrogens is 379 g/mol. The summed E-state index contributed by atoms with van der Waals surface area (Å²) in [7, 11) is 0. The Morgan fingerprint density at radius 3 is 2.50 bits per heavy atom. The predicted molar refractivity (Wildman–Crippen MR) is 91.5 cm³/mol. The van der Waals surface area contributed by atoms with E-state index in [1.54, 1.807) is 11.0 Å². The normalized spacial score (nSPS) is 15.5. The number of alkyl halides is 3. The van der Waals surface area contributed by atoms with Crippen molar-refractivity contribution in [2.45, 2.75) is 31.6 Å². The van der Waals surface area contributed by atoms with Gasteiger partial charge in [-0.25, -0.2) is 0 Å². The van der Waals surface area contributed by atoms with Crippen molar-refractivity contribution in [2.24, 2.45) is 0 Å². The van der Waals surface area contributed by atoms with Crippen LogP contribution in [0.5, 0.6) is 0 Å². The van der Waals surface area contributed by atoms with Gasteiger partial charge in [0.25, 0.3) is 11.5 Å². The van der Waals surface area contributed by atoms with E-state index in [4.69, 9.17) is 4.42 Å².